The van der Waals surface area contributed by atoms with Crippen LogP contribution >= 0.6 is 0 Å². The standard InChI is InChI=1S/C29H39N5O6/c1-18(2)15-22(32-26(36)21(30)13-14-25(31)35)27(37)33-23(16-19-9-5-3-6-10-19)28(38)34-24(29(39)40)17-20-11-7-4-8-12-20/h3-12,18,21-24H,13-17,30H2,1-2H3,(H2,31,35)(H,32,36)(H,33,37)(H,34,38)(H,39,40). The van der Waals surface area contributed by atoms with Crippen molar-refractivity contribution in [3.63, 3.8) is 0 Å². The fourth-order valence-corrected chi connectivity index (χ4v) is 4.06. The highest BCUT2D eigenvalue weighted by Crippen LogP contribution is 2.10. The van der Waals surface area contributed by atoms with Gasteiger partial charge in [-0.05, 0) is 29.9 Å². The Hall–Kier alpha value is -4.25. The first-order chi connectivity index (χ1) is 19.0. The van der Waals surface area contributed by atoms with Crippen molar-refractivity contribution >= 4 is 29.6 Å². The average Bonchev–Trinajstić information content (AvgIpc) is 2.91. The monoisotopic (exact) mass is 553 g/mol. The van der Waals surface area contributed by atoms with Crippen molar-refractivity contribution in [1.29, 1.82) is 0 Å². The highest BCUT2D eigenvalue weighted by atomic mass is 16.4. The SMILES string of the molecule is CC(C)CC(NC(=O)C(N)CCC(N)=O)C(=O)NC(Cc1ccccc1)C(=O)NC(Cc1ccccc1)C(=O)O. The van der Waals surface area contributed by atoms with Crippen LogP contribution in [0.4, 0.5) is 0 Å². The number of primary amides is 1. The van der Waals surface area contributed by atoms with Gasteiger partial charge in [-0.3, -0.25) is 19.2 Å². The summed E-state index contributed by atoms with van der Waals surface area (Å²) >= 11 is 0. The van der Waals surface area contributed by atoms with Gasteiger partial charge < -0.3 is 32.5 Å². The summed E-state index contributed by atoms with van der Waals surface area (Å²) in [5, 5.41) is 17.6. The summed E-state index contributed by atoms with van der Waals surface area (Å²) in [4.78, 5) is 62.4. The smallest absolute Gasteiger partial charge is 0.326 e. The Morgan fingerprint density at radius 1 is 0.725 bits per heavy atom. The molecule has 40 heavy (non-hydrogen) atoms. The van der Waals surface area contributed by atoms with E-state index in [0.717, 1.165) is 11.1 Å². The van der Waals surface area contributed by atoms with Crippen molar-refractivity contribution in [3.05, 3.63) is 71.8 Å². The van der Waals surface area contributed by atoms with Crippen LogP contribution in [0.5, 0.6) is 0 Å². The number of carbonyl (C=O) groups excluding carboxylic acids is 4. The third kappa shape index (κ3) is 11.2. The number of nitrogens with two attached hydrogens (primary N) is 2. The Kier molecular flexibility index (Phi) is 12.8. The largest absolute Gasteiger partial charge is 0.480 e. The maximum Gasteiger partial charge on any atom is 0.326 e. The first-order valence-corrected chi connectivity index (χ1v) is 13.2. The van der Waals surface area contributed by atoms with E-state index < -0.39 is 53.8 Å². The molecule has 0 aliphatic rings. The van der Waals surface area contributed by atoms with Crippen LogP contribution in [0.1, 0.15) is 44.2 Å². The van der Waals surface area contributed by atoms with Gasteiger partial charge in [0, 0.05) is 19.3 Å². The first-order valence-electron chi connectivity index (χ1n) is 13.2. The van der Waals surface area contributed by atoms with Gasteiger partial charge in [0.05, 0.1) is 6.04 Å². The molecule has 0 saturated heterocycles. The Labute approximate surface area is 234 Å². The van der Waals surface area contributed by atoms with E-state index in [1.807, 2.05) is 19.9 Å². The van der Waals surface area contributed by atoms with E-state index in [1.165, 1.54) is 0 Å². The number of amides is 4. The zero-order chi connectivity index (χ0) is 29.7. The van der Waals surface area contributed by atoms with Gasteiger partial charge in [0.25, 0.3) is 0 Å². The zero-order valence-electron chi connectivity index (χ0n) is 22.8. The molecular formula is C29H39N5O6. The van der Waals surface area contributed by atoms with Crippen LogP contribution in [0.15, 0.2) is 60.7 Å². The summed E-state index contributed by atoms with van der Waals surface area (Å²) in [5.41, 5.74) is 12.5. The maximum atomic E-state index is 13.4. The average molecular weight is 554 g/mol. The Balaban J connectivity index is 2.22. The molecule has 11 nitrogen and oxygen atoms in total. The van der Waals surface area contributed by atoms with Crippen LogP contribution in [-0.4, -0.2) is 58.9 Å². The lowest BCUT2D eigenvalue weighted by molar-refractivity contribution is -0.142. The second kappa shape index (κ2) is 16.0. The zero-order valence-corrected chi connectivity index (χ0v) is 22.8. The van der Waals surface area contributed by atoms with Gasteiger partial charge in [-0.25, -0.2) is 4.79 Å². The third-order valence-corrected chi connectivity index (χ3v) is 6.19. The lowest BCUT2D eigenvalue weighted by Gasteiger charge is -2.26. The number of benzene rings is 2. The topological polar surface area (TPSA) is 194 Å². The van der Waals surface area contributed by atoms with Crippen molar-refractivity contribution in [1.82, 2.24) is 16.0 Å². The quantitative estimate of drug-likeness (QED) is 0.176. The summed E-state index contributed by atoms with van der Waals surface area (Å²) in [5.74, 6) is -3.72. The van der Waals surface area contributed by atoms with Gasteiger partial charge in [-0.1, -0.05) is 74.5 Å². The Bertz CT molecular complexity index is 1140. The Morgan fingerprint density at radius 2 is 1.18 bits per heavy atom. The molecule has 2 aromatic carbocycles. The number of hydrogen-bond donors (Lipinski definition) is 6. The third-order valence-electron chi connectivity index (χ3n) is 6.19. The number of rotatable bonds is 16. The van der Waals surface area contributed by atoms with Crippen LogP contribution in [0.2, 0.25) is 0 Å². The molecule has 0 aliphatic heterocycles. The van der Waals surface area contributed by atoms with Crippen molar-refractivity contribution in [2.75, 3.05) is 0 Å². The lowest BCUT2D eigenvalue weighted by atomic mass is 10.00. The molecule has 0 radical (unpaired) electrons. The van der Waals surface area contributed by atoms with Crippen molar-refractivity contribution in [2.45, 2.75) is 70.1 Å². The minimum Gasteiger partial charge on any atom is -0.480 e. The second-order valence-electron chi connectivity index (χ2n) is 10.1. The second-order valence-corrected chi connectivity index (χ2v) is 10.1. The van der Waals surface area contributed by atoms with E-state index in [4.69, 9.17) is 11.5 Å². The number of hydrogen-bond acceptors (Lipinski definition) is 6. The molecule has 0 spiro atoms. The molecule has 4 amide bonds. The van der Waals surface area contributed by atoms with E-state index >= 15 is 0 Å². The van der Waals surface area contributed by atoms with Crippen LogP contribution in [0.25, 0.3) is 0 Å². The molecule has 8 N–H and O–H groups in total. The number of carboxylic acids is 1. The molecule has 0 aliphatic carbocycles. The highest BCUT2D eigenvalue weighted by Gasteiger charge is 2.31. The van der Waals surface area contributed by atoms with E-state index in [0.29, 0.717) is 0 Å². The molecule has 0 heterocycles. The van der Waals surface area contributed by atoms with Crippen LogP contribution in [0.3, 0.4) is 0 Å². The van der Waals surface area contributed by atoms with E-state index in [2.05, 4.69) is 16.0 Å². The van der Waals surface area contributed by atoms with Gasteiger partial charge in [-0.15, -0.1) is 0 Å². The van der Waals surface area contributed by atoms with Gasteiger partial charge >= 0.3 is 5.97 Å². The molecule has 0 aromatic heterocycles. The van der Waals surface area contributed by atoms with E-state index in [9.17, 15) is 29.1 Å². The summed E-state index contributed by atoms with van der Waals surface area (Å²) in [6.45, 7) is 3.74. The molecule has 0 saturated carbocycles. The first kappa shape index (κ1) is 32.0. The van der Waals surface area contributed by atoms with E-state index in [1.54, 1.807) is 54.6 Å². The van der Waals surface area contributed by atoms with Crippen molar-refractivity contribution in [2.24, 2.45) is 17.4 Å². The summed E-state index contributed by atoms with van der Waals surface area (Å²) in [6.07, 6.45) is 0.349. The van der Waals surface area contributed by atoms with Crippen LogP contribution in [-0.2, 0) is 36.8 Å². The van der Waals surface area contributed by atoms with Gasteiger partial charge in [-0.2, -0.15) is 0 Å². The minimum absolute atomic E-state index is 0.00144. The summed E-state index contributed by atoms with van der Waals surface area (Å²) < 4.78 is 0. The predicted octanol–water partition coefficient (Wildman–Crippen LogP) is 0.650. The summed E-state index contributed by atoms with van der Waals surface area (Å²) in [7, 11) is 0. The van der Waals surface area contributed by atoms with Gasteiger partial charge in [0.1, 0.15) is 18.1 Å². The highest BCUT2D eigenvalue weighted by molar-refractivity contribution is 5.94. The molecule has 0 fully saturated rings. The fourth-order valence-electron chi connectivity index (χ4n) is 4.06. The number of carbonyl (C=O) groups is 5. The Morgan fingerprint density at radius 3 is 1.65 bits per heavy atom. The molecule has 11 heteroatoms. The fraction of sp³-hybridized carbons (Fsp3) is 0.414. The van der Waals surface area contributed by atoms with Crippen LogP contribution < -0.4 is 27.4 Å². The molecule has 4 atom stereocenters. The van der Waals surface area contributed by atoms with Crippen molar-refractivity contribution in [3.8, 4) is 0 Å². The number of carboxylic acid groups (broad SMARTS) is 1. The minimum atomic E-state index is -1.22. The summed E-state index contributed by atoms with van der Waals surface area (Å²) in [6, 6.07) is 13.4. The number of aliphatic carboxylic acids is 1. The molecule has 216 valence electrons. The molecule has 4 unspecified atom stereocenters. The van der Waals surface area contributed by atoms with Crippen LogP contribution in [0, 0.1) is 5.92 Å². The van der Waals surface area contributed by atoms with Gasteiger partial charge in [0.15, 0.2) is 0 Å². The number of nitrogens with one attached hydrogen (secondary N) is 3. The normalized spacial score (nSPS) is 13.9. The molecule has 2 rings (SSSR count). The van der Waals surface area contributed by atoms with Crippen molar-refractivity contribution < 1.29 is 29.1 Å². The lowest BCUT2D eigenvalue weighted by Crippen LogP contribution is -2.58. The van der Waals surface area contributed by atoms with E-state index in [-0.39, 0.29) is 38.0 Å². The molecular weight excluding hydrogens is 514 g/mol. The predicted molar refractivity (Wildman–Crippen MR) is 150 cm³/mol. The van der Waals surface area contributed by atoms with Gasteiger partial charge in [0.2, 0.25) is 23.6 Å². The molecule has 2 aromatic rings. The molecule has 0 bridgehead atoms. The maximum absolute atomic E-state index is 13.4.